The first-order valence-corrected chi connectivity index (χ1v) is 6.18. The normalized spacial score (nSPS) is 12.5. The van der Waals surface area contributed by atoms with Crippen LogP contribution < -0.4 is 0 Å². The first kappa shape index (κ1) is 13.2. The zero-order chi connectivity index (χ0) is 12.1. The molecule has 0 bridgehead atoms. The number of nitrogens with zero attached hydrogens (tertiary/aromatic N) is 3. The molecule has 1 atom stereocenters. The topological polar surface area (TPSA) is 57.0 Å². The van der Waals surface area contributed by atoms with E-state index in [0.29, 0.717) is 6.54 Å². The van der Waals surface area contributed by atoms with Crippen LogP contribution in [0, 0.1) is 0 Å². The Morgan fingerprint density at radius 1 is 1.50 bits per heavy atom. The van der Waals surface area contributed by atoms with Crippen LogP contribution in [0.2, 0.25) is 0 Å². The van der Waals surface area contributed by atoms with E-state index in [0.717, 1.165) is 24.5 Å². The second-order valence-electron chi connectivity index (χ2n) is 3.32. The molecule has 0 aliphatic heterocycles. The van der Waals surface area contributed by atoms with Crippen molar-refractivity contribution in [2.75, 3.05) is 7.11 Å². The molecule has 5 nitrogen and oxygen atoms in total. The summed E-state index contributed by atoms with van der Waals surface area (Å²) in [6, 6.07) is 0. The molecule has 0 saturated carbocycles. The Balaban J connectivity index is 2.79. The maximum Gasteiger partial charge on any atom is 0.321 e. The maximum atomic E-state index is 11.3. The van der Waals surface area contributed by atoms with Crippen molar-refractivity contribution in [3.63, 3.8) is 0 Å². The van der Waals surface area contributed by atoms with Gasteiger partial charge in [0.15, 0.2) is 5.82 Å². The van der Waals surface area contributed by atoms with E-state index in [9.17, 15) is 4.79 Å². The fraction of sp³-hybridized carbons (Fsp3) is 0.700. The van der Waals surface area contributed by atoms with Gasteiger partial charge in [-0.1, -0.05) is 29.8 Å². The lowest BCUT2D eigenvalue weighted by Gasteiger charge is -2.08. The molecule has 0 spiro atoms. The van der Waals surface area contributed by atoms with Crippen molar-refractivity contribution in [2.45, 2.75) is 38.1 Å². The number of esters is 1. The summed E-state index contributed by atoms with van der Waals surface area (Å²) in [5, 5.41) is 4.32. The first-order valence-electron chi connectivity index (χ1n) is 5.26. The minimum atomic E-state index is -0.380. The van der Waals surface area contributed by atoms with E-state index in [2.05, 4.69) is 30.7 Å². The standard InChI is InChI=1S/C10H16BrN3O2/c1-4-8-12-9(5-2)14(13-8)6-7(11)10(15)16-3/h7H,4-6H2,1-3H3. The molecule has 0 fully saturated rings. The van der Waals surface area contributed by atoms with Gasteiger partial charge >= 0.3 is 5.97 Å². The molecule has 0 N–H and O–H groups in total. The Morgan fingerprint density at radius 2 is 2.19 bits per heavy atom. The van der Waals surface area contributed by atoms with Crippen molar-refractivity contribution < 1.29 is 9.53 Å². The molecular weight excluding hydrogens is 274 g/mol. The molecule has 1 rings (SSSR count). The van der Waals surface area contributed by atoms with Gasteiger partial charge < -0.3 is 4.74 Å². The smallest absolute Gasteiger partial charge is 0.321 e. The first-order chi connectivity index (χ1) is 7.62. The van der Waals surface area contributed by atoms with Crippen LogP contribution in [0.5, 0.6) is 0 Å². The van der Waals surface area contributed by atoms with Crippen LogP contribution in [-0.4, -0.2) is 32.7 Å². The fourth-order valence-corrected chi connectivity index (χ4v) is 1.80. The van der Waals surface area contributed by atoms with Crippen molar-refractivity contribution in [3.8, 4) is 0 Å². The summed E-state index contributed by atoms with van der Waals surface area (Å²) in [4.78, 5) is 15.2. The molecule has 1 aromatic rings. The Bertz CT molecular complexity index is 365. The zero-order valence-corrected chi connectivity index (χ0v) is 11.3. The number of aromatic nitrogens is 3. The second-order valence-corrected chi connectivity index (χ2v) is 4.43. The van der Waals surface area contributed by atoms with Crippen molar-refractivity contribution in [1.82, 2.24) is 14.8 Å². The van der Waals surface area contributed by atoms with Gasteiger partial charge in [-0.25, -0.2) is 9.67 Å². The molecule has 6 heteroatoms. The van der Waals surface area contributed by atoms with Gasteiger partial charge in [0, 0.05) is 12.8 Å². The molecule has 1 heterocycles. The van der Waals surface area contributed by atoms with E-state index in [4.69, 9.17) is 0 Å². The van der Waals surface area contributed by atoms with E-state index < -0.39 is 0 Å². The highest BCUT2D eigenvalue weighted by Gasteiger charge is 2.18. The maximum absolute atomic E-state index is 11.3. The number of carbonyl (C=O) groups is 1. The molecule has 1 aromatic heterocycles. The molecule has 0 saturated heterocycles. The van der Waals surface area contributed by atoms with Crippen LogP contribution >= 0.6 is 15.9 Å². The number of hydrogen-bond acceptors (Lipinski definition) is 4. The van der Waals surface area contributed by atoms with E-state index in [1.807, 2.05) is 13.8 Å². The van der Waals surface area contributed by atoms with E-state index in [-0.39, 0.29) is 10.8 Å². The highest BCUT2D eigenvalue weighted by molar-refractivity contribution is 9.10. The minimum absolute atomic E-state index is 0.296. The van der Waals surface area contributed by atoms with Crippen molar-refractivity contribution >= 4 is 21.9 Å². The predicted molar refractivity (Wildman–Crippen MR) is 63.5 cm³/mol. The molecule has 0 aliphatic carbocycles. The third-order valence-corrected chi connectivity index (χ3v) is 2.88. The van der Waals surface area contributed by atoms with Crippen molar-refractivity contribution in [2.24, 2.45) is 0 Å². The van der Waals surface area contributed by atoms with E-state index >= 15 is 0 Å². The number of rotatable bonds is 5. The number of methoxy groups -OCH3 is 1. The molecule has 16 heavy (non-hydrogen) atoms. The van der Waals surface area contributed by atoms with Gasteiger partial charge in [-0.3, -0.25) is 4.79 Å². The molecule has 0 aliphatic rings. The van der Waals surface area contributed by atoms with Gasteiger partial charge in [0.1, 0.15) is 10.7 Å². The zero-order valence-electron chi connectivity index (χ0n) is 9.73. The van der Waals surface area contributed by atoms with Crippen LogP contribution in [0.4, 0.5) is 0 Å². The summed E-state index contributed by atoms with van der Waals surface area (Å²) in [6.45, 7) is 4.47. The lowest BCUT2D eigenvalue weighted by atomic mass is 10.4. The quantitative estimate of drug-likeness (QED) is 0.606. The Labute approximate surface area is 103 Å². The van der Waals surface area contributed by atoms with Crippen molar-refractivity contribution in [3.05, 3.63) is 11.6 Å². The summed E-state index contributed by atoms with van der Waals surface area (Å²) < 4.78 is 6.40. The van der Waals surface area contributed by atoms with Gasteiger partial charge in [0.25, 0.3) is 0 Å². The second kappa shape index (κ2) is 5.98. The third-order valence-electron chi connectivity index (χ3n) is 2.21. The largest absolute Gasteiger partial charge is 0.468 e. The van der Waals surface area contributed by atoms with Crippen molar-refractivity contribution in [1.29, 1.82) is 0 Å². The van der Waals surface area contributed by atoms with Crippen LogP contribution in [0.15, 0.2) is 0 Å². The summed E-state index contributed by atoms with van der Waals surface area (Å²) in [6.07, 6.45) is 1.60. The van der Waals surface area contributed by atoms with Gasteiger partial charge in [-0.15, -0.1) is 0 Å². The molecular formula is C10H16BrN3O2. The lowest BCUT2D eigenvalue weighted by Crippen LogP contribution is -2.23. The molecule has 0 amide bonds. The van der Waals surface area contributed by atoms with E-state index in [1.165, 1.54) is 7.11 Å². The number of carbonyl (C=O) groups excluding carboxylic acids is 1. The average molecular weight is 290 g/mol. The third kappa shape index (κ3) is 3.04. The fourth-order valence-electron chi connectivity index (χ4n) is 1.34. The number of hydrogen-bond donors (Lipinski definition) is 0. The van der Waals surface area contributed by atoms with Gasteiger partial charge in [-0.2, -0.15) is 5.10 Å². The summed E-state index contributed by atoms with van der Waals surface area (Å²) in [5.41, 5.74) is 0. The number of alkyl halides is 1. The summed E-state index contributed by atoms with van der Waals surface area (Å²) in [5.74, 6) is 1.40. The monoisotopic (exact) mass is 289 g/mol. The average Bonchev–Trinajstić information content (AvgIpc) is 2.70. The lowest BCUT2D eigenvalue weighted by molar-refractivity contribution is -0.140. The SMILES string of the molecule is CCc1nc(CC)n(CC(Br)C(=O)OC)n1. The Kier molecular flexibility index (Phi) is 4.92. The number of aryl methyl sites for hydroxylation is 2. The Hall–Kier alpha value is -0.910. The minimum Gasteiger partial charge on any atom is -0.468 e. The van der Waals surface area contributed by atoms with Crippen LogP contribution in [0.25, 0.3) is 0 Å². The summed E-state index contributed by atoms with van der Waals surface area (Å²) >= 11 is 3.27. The summed E-state index contributed by atoms with van der Waals surface area (Å²) in [7, 11) is 1.37. The van der Waals surface area contributed by atoms with E-state index in [1.54, 1.807) is 4.68 Å². The molecule has 1 unspecified atom stereocenters. The highest BCUT2D eigenvalue weighted by Crippen LogP contribution is 2.08. The number of halogens is 1. The molecule has 0 aromatic carbocycles. The number of ether oxygens (including phenoxy) is 1. The highest BCUT2D eigenvalue weighted by atomic mass is 79.9. The molecule has 90 valence electrons. The van der Waals surface area contributed by atoms with Crippen LogP contribution in [0.3, 0.4) is 0 Å². The Morgan fingerprint density at radius 3 is 2.69 bits per heavy atom. The van der Waals surface area contributed by atoms with Crippen LogP contribution in [0.1, 0.15) is 25.5 Å². The van der Waals surface area contributed by atoms with Gasteiger partial charge in [0.2, 0.25) is 0 Å². The van der Waals surface area contributed by atoms with Gasteiger partial charge in [0.05, 0.1) is 13.7 Å². The predicted octanol–water partition coefficient (Wildman–Crippen LogP) is 1.34. The van der Waals surface area contributed by atoms with Crippen LogP contribution in [-0.2, 0) is 28.9 Å². The molecule has 0 radical (unpaired) electrons. The van der Waals surface area contributed by atoms with Gasteiger partial charge in [-0.05, 0) is 0 Å².